The van der Waals surface area contributed by atoms with Gasteiger partial charge in [0.05, 0.1) is 0 Å². The zero-order valence-electron chi connectivity index (χ0n) is 14.8. The molecule has 0 heterocycles. The highest BCUT2D eigenvalue weighted by molar-refractivity contribution is 14.0. The summed E-state index contributed by atoms with van der Waals surface area (Å²) in [4.78, 5) is 19.9. The molecule has 1 aliphatic carbocycles. The van der Waals surface area contributed by atoms with E-state index in [1.165, 1.54) is 25.7 Å². The van der Waals surface area contributed by atoms with Crippen LogP contribution in [-0.4, -0.2) is 62.4 Å². The molecule has 0 spiro atoms. The fraction of sp³-hybridized carbons (Fsp3) is 0.875. The lowest BCUT2D eigenvalue weighted by Crippen LogP contribution is -2.42. The topological polar surface area (TPSA) is 47.9 Å². The van der Waals surface area contributed by atoms with Crippen LogP contribution in [0.25, 0.3) is 0 Å². The van der Waals surface area contributed by atoms with Gasteiger partial charge in [0, 0.05) is 34.2 Å². The summed E-state index contributed by atoms with van der Waals surface area (Å²) in [5.74, 6) is 2.50. The SMILES string of the molecule is CCNC(=NCC(=O)N(C)C)N(C)CC1CCC(C)CC1.I. The van der Waals surface area contributed by atoms with Crippen molar-refractivity contribution in [2.24, 2.45) is 16.8 Å². The first-order chi connectivity index (χ1) is 9.93. The molecular weight excluding hydrogens is 391 g/mol. The van der Waals surface area contributed by atoms with Gasteiger partial charge >= 0.3 is 0 Å². The van der Waals surface area contributed by atoms with E-state index in [4.69, 9.17) is 0 Å². The standard InChI is InChI=1S/C16H32N4O.HI/c1-6-17-16(18-11-15(21)19(3)4)20(5)12-14-9-7-13(2)8-10-14;/h13-14H,6-12H2,1-5H3,(H,17,18);1H. The summed E-state index contributed by atoms with van der Waals surface area (Å²) in [6, 6.07) is 0. The normalized spacial score (nSPS) is 21.8. The van der Waals surface area contributed by atoms with Gasteiger partial charge in [0.15, 0.2) is 5.96 Å². The number of carbonyl (C=O) groups excluding carboxylic acids is 1. The number of amides is 1. The number of likely N-dealkylation sites (N-methyl/N-ethyl adjacent to an activating group) is 1. The summed E-state index contributed by atoms with van der Waals surface area (Å²) in [5.41, 5.74) is 0. The molecule has 1 fully saturated rings. The van der Waals surface area contributed by atoms with Crippen LogP contribution in [0.15, 0.2) is 4.99 Å². The summed E-state index contributed by atoms with van der Waals surface area (Å²) in [6.45, 7) is 6.45. The molecule has 0 aromatic carbocycles. The summed E-state index contributed by atoms with van der Waals surface area (Å²) < 4.78 is 0. The lowest BCUT2D eigenvalue weighted by atomic mass is 9.83. The van der Waals surface area contributed by atoms with Gasteiger partial charge in [0.25, 0.3) is 0 Å². The molecule has 0 aromatic heterocycles. The summed E-state index contributed by atoms with van der Waals surface area (Å²) in [7, 11) is 5.59. The Bertz CT molecular complexity index is 352. The van der Waals surface area contributed by atoms with E-state index in [-0.39, 0.29) is 36.4 Å². The van der Waals surface area contributed by atoms with Crippen molar-refractivity contribution in [3.8, 4) is 0 Å². The molecule has 0 radical (unpaired) electrons. The molecule has 1 saturated carbocycles. The van der Waals surface area contributed by atoms with Crippen molar-refractivity contribution in [2.45, 2.75) is 39.5 Å². The minimum Gasteiger partial charge on any atom is -0.357 e. The second-order valence-corrected chi connectivity index (χ2v) is 6.46. The Morgan fingerprint density at radius 2 is 1.77 bits per heavy atom. The van der Waals surface area contributed by atoms with Gasteiger partial charge in [-0.15, -0.1) is 24.0 Å². The van der Waals surface area contributed by atoms with Crippen molar-refractivity contribution < 1.29 is 4.79 Å². The quantitative estimate of drug-likeness (QED) is 0.419. The number of nitrogens with zero attached hydrogens (tertiary/aromatic N) is 3. The molecular formula is C16H33IN4O. The van der Waals surface area contributed by atoms with E-state index in [0.717, 1.165) is 30.9 Å². The number of nitrogens with one attached hydrogen (secondary N) is 1. The molecule has 0 unspecified atom stereocenters. The molecule has 1 rings (SSSR count). The van der Waals surface area contributed by atoms with E-state index < -0.39 is 0 Å². The number of hydrogen-bond acceptors (Lipinski definition) is 2. The van der Waals surface area contributed by atoms with Crippen LogP contribution in [0.1, 0.15) is 39.5 Å². The first-order valence-electron chi connectivity index (χ1n) is 8.13. The Morgan fingerprint density at radius 1 is 1.18 bits per heavy atom. The number of aliphatic imine (C=N–C) groups is 1. The van der Waals surface area contributed by atoms with Crippen LogP contribution in [0, 0.1) is 11.8 Å². The van der Waals surface area contributed by atoms with Crippen LogP contribution in [0.5, 0.6) is 0 Å². The van der Waals surface area contributed by atoms with Crippen molar-refractivity contribution in [1.82, 2.24) is 15.1 Å². The first kappa shape index (κ1) is 21.5. The smallest absolute Gasteiger partial charge is 0.243 e. The largest absolute Gasteiger partial charge is 0.357 e. The highest BCUT2D eigenvalue weighted by Gasteiger charge is 2.20. The predicted octanol–water partition coefficient (Wildman–Crippen LogP) is 2.42. The van der Waals surface area contributed by atoms with E-state index >= 15 is 0 Å². The monoisotopic (exact) mass is 424 g/mol. The molecule has 1 N–H and O–H groups in total. The maximum absolute atomic E-state index is 11.7. The average molecular weight is 424 g/mol. The van der Waals surface area contributed by atoms with Crippen LogP contribution < -0.4 is 5.32 Å². The fourth-order valence-corrected chi connectivity index (χ4v) is 2.74. The van der Waals surface area contributed by atoms with Crippen molar-refractivity contribution in [1.29, 1.82) is 0 Å². The lowest BCUT2D eigenvalue weighted by molar-refractivity contribution is -0.127. The zero-order valence-corrected chi connectivity index (χ0v) is 17.1. The average Bonchev–Trinajstić information content (AvgIpc) is 2.45. The highest BCUT2D eigenvalue weighted by atomic mass is 127. The predicted molar refractivity (Wildman–Crippen MR) is 104 cm³/mol. The Hall–Kier alpha value is -0.530. The van der Waals surface area contributed by atoms with E-state index in [9.17, 15) is 4.79 Å². The summed E-state index contributed by atoms with van der Waals surface area (Å²) >= 11 is 0. The molecule has 0 bridgehead atoms. The third kappa shape index (κ3) is 7.65. The van der Waals surface area contributed by atoms with Gasteiger partial charge in [-0.1, -0.05) is 19.8 Å². The molecule has 1 amide bonds. The minimum atomic E-state index is 0. The van der Waals surface area contributed by atoms with Gasteiger partial charge in [-0.3, -0.25) is 4.79 Å². The Morgan fingerprint density at radius 3 is 2.27 bits per heavy atom. The third-order valence-electron chi connectivity index (χ3n) is 4.23. The molecule has 130 valence electrons. The number of hydrogen-bond donors (Lipinski definition) is 1. The van der Waals surface area contributed by atoms with Crippen molar-refractivity contribution in [3.05, 3.63) is 0 Å². The van der Waals surface area contributed by atoms with E-state index in [2.05, 4.69) is 36.1 Å². The van der Waals surface area contributed by atoms with Crippen molar-refractivity contribution in [2.75, 3.05) is 40.8 Å². The molecule has 0 atom stereocenters. The van der Waals surface area contributed by atoms with E-state index in [1.54, 1.807) is 19.0 Å². The Kier molecular flexibility index (Phi) is 10.8. The van der Waals surface area contributed by atoms with Gasteiger partial charge in [0.2, 0.25) is 5.91 Å². The highest BCUT2D eigenvalue weighted by Crippen LogP contribution is 2.28. The fourth-order valence-electron chi connectivity index (χ4n) is 2.74. The number of guanidine groups is 1. The Labute approximate surface area is 152 Å². The first-order valence-corrected chi connectivity index (χ1v) is 8.13. The zero-order chi connectivity index (χ0) is 15.8. The van der Waals surface area contributed by atoms with Crippen LogP contribution in [0.2, 0.25) is 0 Å². The summed E-state index contributed by atoms with van der Waals surface area (Å²) in [6.07, 6.45) is 5.29. The van der Waals surface area contributed by atoms with Crippen molar-refractivity contribution >= 4 is 35.8 Å². The van der Waals surface area contributed by atoms with Gasteiger partial charge < -0.3 is 15.1 Å². The second kappa shape index (κ2) is 11.1. The minimum absolute atomic E-state index is 0. The van der Waals surface area contributed by atoms with Gasteiger partial charge in [0.1, 0.15) is 6.54 Å². The molecule has 0 aliphatic heterocycles. The molecule has 0 aromatic rings. The second-order valence-electron chi connectivity index (χ2n) is 6.46. The van der Waals surface area contributed by atoms with Gasteiger partial charge in [-0.05, 0) is 31.6 Å². The molecule has 22 heavy (non-hydrogen) atoms. The van der Waals surface area contributed by atoms with Crippen molar-refractivity contribution in [3.63, 3.8) is 0 Å². The third-order valence-corrected chi connectivity index (χ3v) is 4.23. The molecule has 6 heteroatoms. The Balaban J connectivity index is 0.00000441. The maximum atomic E-state index is 11.7. The molecule has 1 aliphatic rings. The summed E-state index contributed by atoms with van der Waals surface area (Å²) in [5, 5.41) is 3.28. The molecule has 0 saturated heterocycles. The number of carbonyl (C=O) groups is 1. The van der Waals surface area contributed by atoms with E-state index in [0.29, 0.717) is 0 Å². The molecule has 5 nitrogen and oxygen atoms in total. The van der Waals surface area contributed by atoms with Crippen LogP contribution in [-0.2, 0) is 4.79 Å². The lowest BCUT2D eigenvalue weighted by Gasteiger charge is -2.31. The van der Waals surface area contributed by atoms with E-state index in [1.807, 2.05) is 0 Å². The van der Waals surface area contributed by atoms with Gasteiger partial charge in [-0.25, -0.2) is 4.99 Å². The van der Waals surface area contributed by atoms with Gasteiger partial charge in [-0.2, -0.15) is 0 Å². The van der Waals surface area contributed by atoms with Crippen LogP contribution in [0.4, 0.5) is 0 Å². The number of halogens is 1. The van der Waals surface area contributed by atoms with Crippen LogP contribution in [0.3, 0.4) is 0 Å². The number of rotatable bonds is 5. The maximum Gasteiger partial charge on any atom is 0.243 e. The van der Waals surface area contributed by atoms with Crippen LogP contribution >= 0.6 is 24.0 Å².